The second kappa shape index (κ2) is 10.6. The number of anilines is 4. The fourth-order valence-corrected chi connectivity index (χ4v) is 3.43. The van der Waals surface area contributed by atoms with Crippen LogP contribution in [-0.4, -0.2) is 52.4 Å². The number of morpholine rings is 1. The van der Waals surface area contributed by atoms with Crippen LogP contribution in [0.4, 0.5) is 23.2 Å². The van der Waals surface area contributed by atoms with Crippen molar-refractivity contribution in [1.29, 1.82) is 0 Å². The minimum atomic E-state index is -0.528. The first-order chi connectivity index (χ1) is 17.2. The first-order valence-corrected chi connectivity index (χ1v) is 11.1. The summed E-state index contributed by atoms with van der Waals surface area (Å²) in [6.45, 7) is 3.32. The van der Waals surface area contributed by atoms with Crippen molar-refractivity contribution in [3.05, 3.63) is 78.6 Å². The maximum atomic E-state index is 12.5. The van der Waals surface area contributed by atoms with E-state index in [1.807, 2.05) is 36.4 Å². The van der Waals surface area contributed by atoms with Gasteiger partial charge in [-0.2, -0.15) is 0 Å². The number of rotatable bonds is 8. The Hall–Kier alpha value is -4.51. The Morgan fingerprint density at radius 1 is 1.03 bits per heavy atom. The van der Waals surface area contributed by atoms with E-state index in [1.165, 1.54) is 0 Å². The number of benzene rings is 1. The number of nitrogens with one attached hydrogen (secondary N) is 2. The molecule has 0 radical (unpaired) electrons. The van der Waals surface area contributed by atoms with Crippen molar-refractivity contribution in [3.63, 3.8) is 0 Å². The molecule has 35 heavy (non-hydrogen) atoms. The average molecular weight is 473 g/mol. The molecule has 1 amide bonds. The largest absolute Gasteiger partial charge is 0.489 e. The molecule has 4 heterocycles. The lowest BCUT2D eigenvalue weighted by Crippen LogP contribution is -2.36. The van der Waals surface area contributed by atoms with E-state index in [0.717, 1.165) is 24.5 Å². The van der Waals surface area contributed by atoms with E-state index in [1.54, 1.807) is 30.7 Å². The maximum absolute atomic E-state index is 12.5. The van der Waals surface area contributed by atoms with E-state index in [9.17, 15) is 4.79 Å². The molecule has 11 nitrogen and oxygen atoms in total. The van der Waals surface area contributed by atoms with E-state index in [0.29, 0.717) is 36.9 Å². The fraction of sp³-hybridized carbons (Fsp3) is 0.208. The molecule has 11 heteroatoms. The van der Waals surface area contributed by atoms with E-state index < -0.39 is 5.91 Å². The van der Waals surface area contributed by atoms with Crippen molar-refractivity contribution in [2.24, 2.45) is 0 Å². The molecule has 0 unspecified atom stereocenters. The number of hydrogen-bond donors (Lipinski definition) is 2. The van der Waals surface area contributed by atoms with Crippen LogP contribution in [0, 0.1) is 0 Å². The highest BCUT2D eigenvalue weighted by Crippen LogP contribution is 2.22. The topological polar surface area (TPSA) is 128 Å². The van der Waals surface area contributed by atoms with Crippen molar-refractivity contribution < 1.29 is 18.7 Å². The van der Waals surface area contributed by atoms with Gasteiger partial charge in [0, 0.05) is 42.8 Å². The lowest BCUT2D eigenvalue weighted by atomic mass is 10.3. The van der Waals surface area contributed by atoms with Crippen LogP contribution in [0.25, 0.3) is 0 Å². The second-order valence-electron chi connectivity index (χ2n) is 7.67. The predicted octanol–water partition coefficient (Wildman–Crippen LogP) is 3.27. The summed E-state index contributed by atoms with van der Waals surface area (Å²) in [6, 6.07) is 14.8. The van der Waals surface area contributed by atoms with Gasteiger partial charge in [-0.15, -0.1) is 5.10 Å². The van der Waals surface area contributed by atoms with Gasteiger partial charge in [0.25, 0.3) is 0 Å². The number of pyridine rings is 2. The van der Waals surface area contributed by atoms with Crippen LogP contribution in [0.5, 0.6) is 5.75 Å². The van der Waals surface area contributed by atoms with Gasteiger partial charge in [0.05, 0.1) is 25.1 Å². The van der Waals surface area contributed by atoms with Crippen molar-refractivity contribution >= 4 is 29.1 Å². The lowest BCUT2D eigenvalue weighted by molar-refractivity contribution is 0.0991. The summed E-state index contributed by atoms with van der Waals surface area (Å²) in [5, 5.41) is 13.4. The standard InChI is InChI=1S/C24H23N7O4/c32-22(27-19-6-7-21(26-15-19)31-9-11-33-12-10-31)23-29-30-24(35-23)28-18-4-1-5-20(13-18)34-16-17-3-2-8-25-14-17/h1-8,13-15H,9-12,16H2,(H,27,32)(H,28,30). The predicted molar refractivity (Wildman–Crippen MR) is 128 cm³/mol. The summed E-state index contributed by atoms with van der Waals surface area (Å²) in [5.41, 5.74) is 2.16. The molecule has 0 saturated carbocycles. The Bertz CT molecular complexity index is 1260. The number of hydrogen-bond acceptors (Lipinski definition) is 10. The van der Waals surface area contributed by atoms with Crippen molar-refractivity contribution in [1.82, 2.24) is 20.2 Å². The molecule has 0 bridgehead atoms. The third-order valence-corrected chi connectivity index (χ3v) is 5.17. The maximum Gasteiger partial charge on any atom is 0.320 e. The number of ether oxygens (including phenoxy) is 2. The lowest BCUT2D eigenvalue weighted by Gasteiger charge is -2.27. The molecule has 2 N–H and O–H groups in total. The van der Waals surface area contributed by atoms with Crippen LogP contribution in [0.1, 0.15) is 16.2 Å². The summed E-state index contributed by atoms with van der Waals surface area (Å²) in [5.74, 6) is 0.792. The van der Waals surface area contributed by atoms with Gasteiger partial charge in [-0.3, -0.25) is 9.78 Å². The molecule has 1 aliphatic heterocycles. The van der Waals surface area contributed by atoms with Gasteiger partial charge in [-0.1, -0.05) is 17.2 Å². The van der Waals surface area contributed by atoms with Gasteiger partial charge in [-0.05, 0) is 30.3 Å². The molecule has 178 valence electrons. The zero-order chi connectivity index (χ0) is 23.9. The smallest absolute Gasteiger partial charge is 0.320 e. The molecular weight excluding hydrogens is 450 g/mol. The molecule has 0 aliphatic carbocycles. The third-order valence-electron chi connectivity index (χ3n) is 5.17. The second-order valence-corrected chi connectivity index (χ2v) is 7.67. The SMILES string of the molecule is O=C(Nc1ccc(N2CCOCC2)nc1)c1nnc(Nc2cccc(OCc3cccnc3)c2)o1. The van der Waals surface area contributed by atoms with Gasteiger partial charge in [0.15, 0.2) is 0 Å². The van der Waals surface area contributed by atoms with E-state index in [4.69, 9.17) is 13.9 Å². The van der Waals surface area contributed by atoms with E-state index in [-0.39, 0.29) is 11.9 Å². The van der Waals surface area contributed by atoms with Gasteiger partial charge >= 0.3 is 17.8 Å². The number of amides is 1. The monoisotopic (exact) mass is 473 g/mol. The average Bonchev–Trinajstić information content (AvgIpc) is 3.38. The molecular formula is C24H23N7O4. The Morgan fingerprint density at radius 3 is 2.74 bits per heavy atom. The molecule has 1 aromatic carbocycles. The van der Waals surface area contributed by atoms with Crippen LogP contribution in [-0.2, 0) is 11.3 Å². The highest BCUT2D eigenvalue weighted by atomic mass is 16.5. The van der Waals surface area contributed by atoms with Crippen LogP contribution < -0.4 is 20.3 Å². The Morgan fingerprint density at radius 2 is 1.94 bits per heavy atom. The molecule has 0 atom stereocenters. The molecule has 1 saturated heterocycles. The van der Waals surface area contributed by atoms with Crippen molar-refractivity contribution in [2.75, 3.05) is 41.8 Å². The van der Waals surface area contributed by atoms with E-state index >= 15 is 0 Å². The summed E-state index contributed by atoms with van der Waals surface area (Å²) in [6.07, 6.45) is 5.06. The minimum Gasteiger partial charge on any atom is -0.489 e. The quantitative estimate of drug-likeness (QED) is 0.393. The van der Waals surface area contributed by atoms with Gasteiger partial charge in [-0.25, -0.2) is 4.98 Å². The van der Waals surface area contributed by atoms with E-state index in [2.05, 4.69) is 35.7 Å². The van der Waals surface area contributed by atoms with Crippen LogP contribution >= 0.6 is 0 Å². The highest BCUT2D eigenvalue weighted by molar-refractivity contribution is 6.00. The Labute approximate surface area is 201 Å². The zero-order valence-electron chi connectivity index (χ0n) is 18.8. The molecule has 4 aromatic rings. The summed E-state index contributed by atoms with van der Waals surface area (Å²) < 4.78 is 16.6. The third kappa shape index (κ3) is 5.89. The first-order valence-electron chi connectivity index (χ1n) is 11.1. The number of nitrogens with zero attached hydrogens (tertiary/aromatic N) is 5. The highest BCUT2D eigenvalue weighted by Gasteiger charge is 2.17. The Balaban J connectivity index is 1.16. The summed E-state index contributed by atoms with van der Waals surface area (Å²) in [7, 11) is 0. The minimum absolute atomic E-state index is 0.0837. The number of carbonyl (C=O) groups is 1. The van der Waals surface area contributed by atoms with Crippen LogP contribution in [0.15, 0.2) is 71.5 Å². The molecule has 0 spiro atoms. The van der Waals surface area contributed by atoms with Gasteiger partial charge in [0.1, 0.15) is 18.2 Å². The molecule has 1 fully saturated rings. The zero-order valence-corrected chi connectivity index (χ0v) is 18.8. The Kier molecular flexibility index (Phi) is 6.76. The van der Waals surface area contributed by atoms with Gasteiger partial charge in [0.2, 0.25) is 0 Å². The van der Waals surface area contributed by atoms with Crippen molar-refractivity contribution in [2.45, 2.75) is 6.61 Å². The van der Waals surface area contributed by atoms with Crippen molar-refractivity contribution in [3.8, 4) is 5.75 Å². The fourth-order valence-electron chi connectivity index (χ4n) is 3.43. The normalized spacial score (nSPS) is 13.3. The molecule has 5 rings (SSSR count). The van der Waals surface area contributed by atoms with Gasteiger partial charge < -0.3 is 29.4 Å². The summed E-state index contributed by atoms with van der Waals surface area (Å²) >= 11 is 0. The van der Waals surface area contributed by atoms with Crippen LogP contribution in [0.2, 0.25) is 0 Å². The summed E-state index contributed by atoms with van der Waals surface area (Å²) in [4.78, 5) is 23.1. The number of carbonyl (C=O) groups excluding carboxylic acids is 1. The first kappa shape index (κ1) is 22.3. The molecule has 1 aliphatic rings. The van der Waals surface area contributed by atoms with Crippen LogP contribution in [0.3, 0.4) is 0 Å². The number of aromatic nitrogens is 4. The molecule has 3 aromatic heterocycles.